The SMILES string of the molecule is CC1(C)c2ccccc2C2(c3ccc(-c4nc(-c5ccc6c(c5)c5ccccc5n6-c5ccccc5)c5sc6ccccc6c5n4)cc3-c3c(-c4nc(-c5ccccc5)nc(-c5ccccc5)n4)cccc32)c2ccccc21. The summed E-state index contributed by atoms with van der Waals surface area (Å²) >= 11 is 1.76. The number of benzene rings is 10. The van der Waals surface area contributed by atoms with Crippen molar-refractivity contribution in [3.63, 3.8) is 0 Å². The maximum absolute atomic E-state index is 5.70. The molecule has 0 unspecified atom stereocenters. The fraction of sp³-hybridized carbons (Fsp3) is 0.0563. The highest BCUT2D eigenvalue weighted by atomic mass is 32.1. The minimum Gasteiger partial charge on any atom is -0.309 e. The Morgan fingerprint density at radius 3 is 1.62 bits per heavy atom. The first-order valence-corrected chi connectivity index (χ1v) is 27.4. The molecule has 2 aliphatic carbocycles. The number of thiophene rings is 1. The van der Waals surface area contributed by atoms with Gasteiger partial charge in [-0.05, 0) is 87.0 Å². The molecule has 0 N–H and O–H groups in total. The maximum Gasteiger partial charge on any atom is 0.164 e. The van der Waals surface area contributed by atoms with Gasteiger partial charge in [-0.2, -0.15) is 0 Å². The van der Waals surface area contributed by atoms with Gasteiger partial charge in [0.15, 0.2) is 23.3 Å². The van der Waals surface area contributed by atoms with Crippen molar-refractivity contribution >= 4 is 53.4 Å². The van der Waals surface area contributed by atoms with Crippen LogP contribution in [0.25, 0.3) is 116 Å². The highest BCUT2D eigenvalue weighted by molar-refractivity contribution is 7.26. The van der Waals surface area contributed by atoms with E-state index in [-0.39, 0.29) is 5.41 Å². The molecule has 4 aromatic heterocycles. The standard InChI is InChI=1S/C71H46N6S/c1-70(2)54-30-14-16-32-56(54)71(57-33-17-15-31-55(57)70)53-39-37-46(42-52(53)62-50(29-20-34-58(62)71)69-75-66(43-21-6-3-7-22-43)74-67(76-69)44-23-8-4-9-24-44)68-72-63(65-64(73-68)49-28-13-19-36-61(49)78-65)45-38-40-60-51(41-45)48-27-12-18-35-59(48)77(60)47-25-10-5-11-26-47/h3-42H,1-2H3. The predicted octanol–water partition coefficient (Wildman–Crippen LogP) is 17.5. The highest BCUT2D eigenvalue weighted by Gasteiger charge is 2.54. The first kappa shape index (κ1) is 44.6. The maximum atomic E-state index is 5.70. The van der Waals surface area contributed by atoms with Gasteiger partial charge >= 0.3 is 0 Å². The van der Waals surface area contributed by atoms with E-state index < -0.39 is 5.41 Å². The van der Waals surface area contributed by atoms with Crippen LogP contribution in [0.2, 0.25) is 0 Å². The number of hydrogen-bond donors (Lipinski definition) is 0. The predicted molar refractivity (Wildman–Crippen MR) is 319 cm³/mol. The van der Waals surface area contributed by atoms with Gasteiger partial charge in [0, 0.05) is 59.8 Å². The van der Waals surface area contributed by atoms with Crippen LogP contribution in [0.5, 0.6) is 0 Å². The smallest absolute Gasteiger partial charge is 0.164 e. The molecular formula is C71H46N6S. The summed E-state index contributed by atoms with van der Waals surface area (Å²) in [6.07, 6.45) is 0. The van der Waals surface area contributed by atoms with Crippen molar-refractivity contribution in [3.05, 3.63) is 276 Å². The molecule has 0 aliphatic heterocycles. The molecule has 0 fully saturated rings. The van der Waals surface area contributed by atoms with E-state index in [2.05, 4.69) is 225 Å². The largest absolute Gasteiger partial charge is 0.309 e. The van der Waals surface area contributed by atoms with E-state index in [1.54, 1.807) is 11.3 Å². The summed E-state index contributed by atoms with van der Waals surface area (Å²) in [5, 5.41) is 3.49. The topological polar surface area (TPSA) is 69.4 Å². The number of fused-ring (bicyclic) bond motifs is 15. The summed E-state index contributed by atoms with van der Waals surface area (Å²) < 4.78 is 4.61. The monoisotopic (exact) mass is 1010 g/mol. The minimum atomic E-state index is -0.673. The molecule has 6 nitrogen and oxygen atoms in total. The summed E-state index contributed by atoms with van der Waals surface area (Å²) in [6.45, 7) is 4.74. The number of nitrogens with zero attached hydrogens (tertiary/aromatic N) is 6. The average Bonchev–Trinajstić information content (AvgIpc) is 3.93. The molecule has 0 saturated carbocycles. The van der Waals surface area contributed by atoms with Crippen LogP contribution in [-0.2, 0) is 10.8 Å². The third-order valence-corrected chi connectivity index (χ3v) is 17.7. The zero-order valence-electron chi connectivity index (χ0n) is 42.7. The molecule has 16 rings (SSSR count). The molecule has 2 aliphatic rings. The van der Waals surface area contributed by atoms with E-state index in [9.17, 15) is 0 Å². The lowest BCUT2D eigenvalue weighted by Crippen LogP contribution is -2.40. The Bertz CT molecular complexity index is 4660. The van der Waals surface area contributed by atoms with Crippen molar-refractivity contribution in [2.24, 2.45) is 0 Å². The van der Waals surface area contributed by atoms with Crippen molar-refractivity contribution in [2.75, 3.05) is 0 Å². The molecule has 0 atom stereocenters. The average molecular weight is 1020 g/mol. The molecule has 14 aromatic rings. The second kappa shape index (κ2) is 16.9. The number of para-hydroxylation sites is 2. The molecule has 7 heteroatoms. The Kier molecular flexibility index (Phi) is 9.67. The van der Waals surface area contributed by atoms with Crippen LogP contribution in [0.4, 0.5) is 0 Å². The first-order chi connectivity index (χ1) is 38.4. The fourth-order valence-electron chi connectivity index (χ4n) is 13.1. The van der Waals surface area contributed by atoms with Crippen molar-refractivity contribution < 1.29 is 0 Å². The van der Waals surface area contributed by atoms with Crippen molar-refractivity contribution in [1.29, 1.82) is 0 Å². The molecule has 1 spiro atoms. The molecular weight excluding hydrogens is 969 g/mol. The fourth-order valence-corrected chi connectivity index (χ4v) is 14.3. The summed E-state index contributed by atoms with van der Waals surface area (Å²) in [7, 11) is 0. The number of rotatable bonds is 6. The van der Waals surface area contributed by atoms with Crippen molar-refractivity contribution in [1.82, 2.24) is 29.5 Å². The second-order valence-electron chi connectivity index (χ2n) is 21.1. The van der Waals surface area contributed by atoms with Gasteiger partial charge in [0.1, 0.15) is 0 Å². The quantitative estimate of drug-likeness (QED) is 0.166. The zero-order valence-corrected chi connectivity index (χ0v) is 43.5. The first-order valence-electron chi connectivity index (χ1n) is 26.6. The number of hydrogen-bond acceptors (Lipinski definition) is 6. The van der Waals surface area contributed by atoms with Gasteiger partial charge in [-0.3, -0.25) is 0 Å². The van der Waals surface area contributed by atoms with Crippen LogP contribution in [-0.4, -0.2) is 29.5 Å². The van der Waals surface area contributed by atoms with E-state index in [1.807, 2.05) is 36.4 Å². The summed E-state index contributed by atoms with van der Waals surface area (Å²) in [6, 6.07) is 87.2. The van der Waals surface area contributed by atoms with Crippen LogP contribution in [0, 0.1) is 0 Å². The molecule has 366 valence electrons. The molecule has 78 heavy (non-hydrogen) atoms. The van der Waals surface area contributed by atoms with E-state index in [0.717, 1.165) is 71.4 Å². The van der Waals surface area contributed by atoms with Gasteiger partial charge in [-0.25, -0.2) is 24.9 Å². The molecule has 4 heterocycles. The lowest BCUT2D eigenvalue weighted by molar-refractivity contribution is 0.563. The third-order valence-electron chi connectivity index (χ3n) is 16.5. The van der Waals surface area contributed by atoms with Crippen LogP contribution < -0.4 is 0 Å². The Hall–Kier alpha value is -9.69. The van der Waals surface area contributed by atoms with Gasteiger partial charge in [0.05, 0.1) is 32.4 Å². The van der Waals surface area contributed by atoms with Gasteiger partial charge < -0.3 is 4.57 Å². The second-order valence-corrected chi connectivity index (χ2v) is 22.1. The van der Waals surface area contributed by atoms with Crippen LogP contribution >= 0.6 is 11.3 Å². The normalized spacial score (nSPS) is 13.7. The van der Waals surface area contributed by atoms with Gasteiger partial charge in [-0.15, -0.1) is 11.3 Å². The van der Waals surface area contributed by atoms with E-state index >= 15 is 0 Å². The van der Waals surface area contributed by atoms with Crippen molar-refractivity contribution in [3.8, 4) is 73.6 Å². The Morgan fingerprint density at radius 2 is 0.910 bits per heavy atom. The van der Waals surface area contributed by atoms with Crippen molar-refractivity contribution in [2.45, 2.75) is 24.7 Å². The zero-order chi connectivity index (χ0) is 51.7. The van der Waals surface area contributed by atoms with E-state index in [1.165, 1.54) is 54.4 Å². The highest BCUT2D eigenvalue weighted by Crippen LogP contribution is 2.63. The summed E-state index contributed by atoms with van der Waals surface area (Å²) in [5.74, 6) is 2.52. The van der Waals surface area contributed by atoms with Crippen LogP contribution in [0.1, 0.15) is 47.2 Å². The lowest BCUT2D eigenvalue weighted by atomic mass is 9.55. The molecule has 0 amide bonds. The Labute approximate surface area is 454 Å². The molecule has 10 aromatic carbocycles. The summed E-state index contributed by atoms with van der Waals surface area (Å²) in [5.41, 5.74) is 18.9. The van der Waals surface area contributed by atoms with Gasteiger partial charge in [0.2, 0.25) is 0 Å². The Balaban J connectivity index is 0.971. The molecule has 0 saturated heterocycles. The molecule has 0 bridgehead atoms. The third kappa shape index (κ3) is 6.39. The van der Waals surface area contributed by atoms with Gasteiger partial charge in [0.25, 0.3) is 0 Å². The van der Waals surface area contributed by atoms with E-state index in [0.29, 0.717) is 23.3 Å². The van der Waals surface area contributed by atoms with E-state index in [4.69, 9.17) is 24.9 Å². The minimum absolute atomic E-state index is 0.259. The summed E-state index contributed by atoms with van der Waals surface area (Å²) in [4.78, 5) is 27.2. The van der Waals surface area contributed by atoms with Crippen LogP contribution in [0.15, 0.2) is 243 Å². The Morgan fingerprint density at radius 1 is 0.359 bits per heavy atom. The molecule has 0 radical (unpaired) electrons. The lowest BCUT2D eigenvalue weighted by Gasteiger charge is -2.46. The number of aromatic nitrogens is 6. The van der Waals surface area contributed by atoms with Crippen LogP contribution in [0.3, 0.4) is 0 Å². The van der Waals surface area contributed by atoms with Gasteiger partial charge in [-0.1, -0.05) is 214 Å².